The molecule has 22 heavy (non-hydrogen) atoms. The molecule has 0 unspecified atom stereocenters. The number of rotatable bonds is 3. The zero-order valence-electron chi connectivity index (χ0n) is 12.5. The Morgan fingerprint density at radius 1 is 1.23 bits per heavy atom. The van der Waals surface area contributed by atoms with E-state index in [2.05, 4.69) is 10.3 Å². The first-order chi connectivity index (χ1) is 10.7. The van der Waals surface area contributed by atoms with Crippen LogP contribution in [0.15, 0.2) is 24.5 Å². The molecule has 1 N–H and O–H groups in total. The highest BCUT2D eigenvalue weighted by Gasteiger charge is 2.33. The van der Waals surface area contributed by atoms with Crippen LogP contribution >= 0.6 is 0 Å². The lowest BCUT2D eigenvalue weighted by atomic mass is 9.95. The third-order valence-electron chi connectivity index (χ3n) is 4.35. The lowest BCUT2D eigenvalue weighted by Gasteiger charge is -2.21. The summed E-state index contributed by atoms with van der Waals surface area (Å²) in [6, 6.07) is 3.83. The molecule has 2 aliphatic heterocycles. The summed E-state index contributed by atoms with van der Waals surface area (Å²) >= 11 is 0. The molecule has 1 aromatic rings. The van der Waals surface area contributed by atoms with Crippen molar-refractivity contribution < 1.29 is 14.3 Å². The highest BCUT2D eigenvalue weighted by Crippen LogP contribution is 2.19. The van der Waals surface area contributed by atoms with Crippen LogP contribution in [0.3, 0.4) is 0 Å². The van der Waals surface area contributed by atoms with Gasteiger partial charge in [-0.15, -0.1) is 0 Å². The first-order valence-corrected chi connectivity index (χ1v) is 7.80. The van der Waals surface area contributed by atoms with E-state index in [0.717, 1.165) is 24.8 Å². The Balaban J connectivity index is 1.56. The molecule has 6 heteroatoms. The number of ether oxygens (including phenoxy) is 1. The van der Waals surface area contributed by atoms with Crippen LogP contribution in [0.1, 0.15) is 18.4 Å². The van der Waals surface area contributed by atoms with E-state index in [0.29, 0.717) is 26.3 Å². The second-order valence-corrected chi connectivity index (χ2v) is 5.94. The first kappa shape index (κ1) is 15.0. The molecule has 2 amide bonds. The summed E-state index contributed by atoms with van der Waals surface area (Å²) in [5.41, 5.74) is 1.16. The van der Waals surface area contributed by atoms with Gasteiger partial charge in [0.1, 0.15) is 0 Å². The SMILES string of the molecule is O=C(N[C@@H]1COC[C@H]1Cc1ccncc1)C(=O)N1CCCC1. The lowest BCUT2D eigenvalue weighted by Crippen LogP contribution is -2.48. The average molecular weight is 303 g/mol. The number of nitrogens with one attached hydrogen (secondary N) is 1. The van der Waals surface area contributed by atoms with Crippen LogP contribution < -0.4 is 5.32 Å². The summed E-state index contributed by atoms with van der Waals surface area (Å²) < 4.78 is 5.49. The van der Waals surface area contributed by atoms with Crippen molar-refractivity contribution in [3.05, 3.63) is 30.1 Å². The maximum Gasteiger partial charge on any atom is 0.311 e. The van der Waals surface area contributed by atoms with Gasteiger partial charge in [-0.25, -0.2) is 0 Å². The second kappa shape index (κ2) is 6.87. The van der Waals surface area contributed by atoms with Gasteiger partial charge in [0.15, 0.2) is 0 Å². The molecule has 0 saturated carbocycles. The Bertz CT molecular complexity index is 529. The molecule has 118 valence electrons. The zero-order valence-corrected chi connectivity index (χ0v) is 12.5. The van der Waals surface area contributed by atoms with Crippen molar-refractivity contribution in [2.75, 3.05) is 26.3 Å². The average Bonchev–Trinajstić information content (AvgIpc) is 3.20. The molecule has 0 spiro atoms. The topological polar surface area (TPSA) is 71.5 Å². The van der Waals surface area contributed by atoms with Gasteiger partial charge in [0.05, 0.1) is 19.3 Å². The van der Waals surface area contributed by atoms with Gasteiger partial charge >= 0.3 is 11.8 Å². The number of nitrogens with zero attached hydrogens (tertiary/aromatic N) is 2. The predicted molar refractivity (Wildman–Crippen MR) is 80.0 cm³/mol. The van der Waals surface area contributed by atoms with E-state index in [1.165, 1.54) is 0 Å². The highest BCUT2D eigenvalue weighted by atomic mass is 16.5. The van der Waals surface area contributed by atoms with Crippen LogP contribution in [0.4, 0.5) is 0 Å². The standard InChI is InChI=1S/C16H21N3O3/c20-15(16(21)19-7-1-2-8-19)18-14-11-22-10-13(14)9-12-3-5-17-6-4-12/h3-6,13-14H,1-2,7-11H2,(H,18,20)/t13-,14-/m1/s1. The fourth-order valence-corrected chi connectivity index (χ4v) is 3.07. The molecule has 6 nitrogen and oxygen atoms in total. The zero-order chi connectivity index (χ0) is 15.4. The molecule has 2 fully saturated rings. The number of carbonyl (C=O) groups is 2. The number of hydrogen-bond donors (Lipinski definition) is 1. The summed E-state index contributed by atoms with van der Waals surface area (Å²) in [5, 5.41) is 2.86. The minimum Gasteiger partial charge on any atom is -0.379 e. The molecular formula is C16H21N3O3. The van der Waals surface area contributed by atoms with Gasteiger partial charge in [-0.2, -0.15) is 0 Å². The van der Waals surface area contributed by atoms with Crippen LogP contribution in [0.5, 0.6) is 0 Å². The molecule has 0 aromatic carbocycles. The number of amides is 2. The van der Waals surface area contributed by atoms with E-state index in [9.17, 15) is 9.59 Å². The van der Waals surface area contributed by atoms with Crippen LogP contribution in [0, 0.1) is 5.92 Å². The Morgan fingerprint density at radius 2 is 1.95 bits per heavy atom. The minimum atomic E-state index is -0.503. The number of aromatic nitrogens is 1. The number of pyridine rings is 1. The van der Waals surface area contributed by atoms with Crippen LogP contribution in [-0.4, -0.2) is 54.0 Å². The normalized spacial score (nSPS) is 24.5. The van der Waals surface area contributed by atoms with Gasteiger partial charge in [-0.3, -0.25) is 14.6 Å². The van der Waals surface area contributed by atoms with Gasteiger partial charge in [-0.05, 0) is 37.0 Å². The Kier molecular flexibility index (Phi) is 4.68. The number of hydrogen-bond acceptors (Lipinski definition) is 4. The molecule has 0 aliphatic carbocycles. The Morgan fingerprint density at radius 3 is 2.68 bits per heavy atom. The van der Waals surface area contributed by atoms with Crippen molar-refractivity contribution in [1.82, 2.24) is 15.2 Å². The van der Waals surface area contributed by atoms with Crippen molar-refractivity contribution in [3.8, 4) is 0 Å². The molecule has 2 atom stereocenters. The minimum absolute atomic E-state index is 0.104. The lowest BCUT2D eigenvalue weighted by molar-refractivity contribution is -0.145. The largest absolute Gasteiger partial charge is 0.379 e. The third kappa shape index (κ3) is 3.44. The molecule has 0 radical (unpaired) electrons. The van der Waals surface area contributed by atoms with Crippen molar-refractivity contribution >= 4 is 11.8 Å². The van der Waals surface area contributed by atoms with Gasteiger partial charge in [0.25, 0.3) is 0 Å². The number of carbonyl (C=O) groups excluding carboxylic acids is 2. The maximum atomic E-state index is 12.1. The molecule has 3 rings (SSSR count). The van der Waals surface area contributed by atoms with Crippen molar-refractivity contribution in [1.29, 1.82) is 0 Å². The van der Waals surface area contributed by atoms with Crippen LogP contribution in [-0.2, 0) is 20.7 Å². The first-order valence-electron chi connectivity index (χ1n) is 7.80. The maximum absolute atomic E-state index is 12.1. The number of likely N-dealkylation sites (tertiary alicyclic amines) is 1. The molecule has 3 heterocycles. The van der Waals surface area contributed by atoms with Crippen LogP contribution in [0.2, 0.25) is 0 Å². The van der Waals surface area contributed by atoms with E-state index >= 15 is 0 Å². The smallest absolute Gasteiger partial charge is 0.311 e. The highest BCUT2D eigenvalue weighted by molar-refractivity contribution is 6.35. The third-order valence-corrected chi connectivity index (χ3v) is 4.35. The Labute approximate surface area is 129 Å². The molecule has 0 bridgehead atoms. The summed E-state index contributed by atoms with van der Waals surface area (Å²) in [6.45, 7) is 2.45. The van der Waals surface area contributed by atoms with E-state index < -0.39 is 11.8 Å². The monoisotopic (exact) mass is 303 g/mol. The summed E-state index contributed by atoms with van der Waals surface area (Å²) in [4.78, 5) is 29.8. The molecular weight excluding hydrogens is 282 g/mol. The van der Waals surface area contributed by atoms with E-state index in [4.69, 9.17) is 4.74 Å². The molecule has 2 aliphatic rings. The fraction of sp³-hybridized carbons (Fsp3) is 0.562. The van der Waals surface area contributed by atoms with E-state index in [-0.39, 0.29) is 12.0 Å². The van der Waals surface area contributed by atoms with Crippen molar-refractivity contribution in [2.24, 2.45) is 5.92 Å². The van der Waals surface area contributed by atoms with Crippen LogP contribution in [0.25, 0.3) is 0 Å². The van der Waals surface area contributed by atoms with Gasteiger partial charge in [-0.1, -0.05) is 0 Å². The van der Waals surface area contributed by atoms with Gasteiger partial charge < -0.3 is 15.0 Å². The van der Waals surface area contributed by atoms with E-state index in [1.807, 2.05) is 12.1 Å². The van der Waals surface area contributed by atoms with Crippen molar-refractivity contribution in [2.45, 2.75) is 25.3 Å². The van der Waals surface area contributed by atoms with Gasteiger partial charge in [0.2, 0.25) is 0 Å². The van der Waals surface area contributed by atoms with Gasteiger partial charge in [0, 0.05) is 31.4 Å². The molecule has 2 saturated heterocycles. The summed E-state index contributed by atoms with van der Waals surface area (Å²) in [5.74, 6) is -0.720. The Hall–Kier alpha value is -1.95. The summed E-state index contributed by atoms with van der Waals surface area (Å²) in [7, 11) is 0. The fourth-order valence-electron chi connectivity index (χ4n) is 3.07. The van der Waals surface area contributed by atoms with E-state index in [1.54, 1.807) is 17.3 Å². The summed E-state index contributed by atoms with van der Waals surface area (Å²) in [6.07, 6.45) is 6.29. The quantitative estimate of drug-likeness (QED) is 0.819. The molecule has 1 aromatic heterocycles. The predicted octanol–water partition coefficient (Wildman–Crippen LogP) is 0.378. The second-order valence-electron chi connectivity index (χ2n) is 5.94. The van der Waals surface area contributed by atoms with Crippen molar-refractivity contribution in [3.63, 3.8) is 0 Å².